The highest BCUT2D eigenvalue weighted by Gasteiger charge is 2.09. The van der Waals surface area contributed by atoms with Gasteiger partial charge in [0.15, 0.2) is 0 Å². The maximum Gasteiger partial charge on any atom is 0.336 e. The van der Waals surface area contributed by atoms with Crippen LogP contribution in [0.25, 0.3) is 0 Å². The molecule has 19 heavy (non-hydrogen) atoms. The number of benzene rings is 2. The van der Waals surface area contributed by atoms with Crippen molar-refractivity contribution in [1.82, 2.24) is 0 Å². The first-order valence-corrected chi connectivity index (χ1v) is 6.25. The summed E-state index contributed by atoms with van der Waals surface area (Å²) in [6, 6.07) is 10.7. The molecule has 3 nitrogen and oxygen atoms in total. The molecule has 0 unspecified atom stereocenters. The number of aromatic carboxylic acids is 1. The van der Waals surface area contributed by atoms with E-state index in [2.05, 4.69) is 15.9 Å². The molecule has 2 rings (SSSR count). The lowest BCUT2D eigenvalue weighted by atomic mass is 10.2. The Morgan fingerprint density at radius 1 is 1.21 bits per heavy atom. The molecule has 0 aliphatic rings. The first-order chi connectivity index (χ1) is 9.06. The molecule has 0 bridgehead atoms. The van der Waals surface area contributed by atoms with E-state index >= 15 is 0 Å². The molecule has 0 atom stereocenters. The lowest BCUT2D eigenvalue weighted by Gasteiger charge is -2.08. The second-order valence-electron chi connectivity index (χ2n) is 3.86. The van der Waals surface area contributed by atoms with Gasteiger partial charge in [-0.25, -0.2) is 9.18 Å². The Hall–Kier alpha value is -1.88. The highest BCUT2D eigenvalue weighted by atomic mass is 79.9. The van der Waals surface area contributed by atoms with Crippen LogP contribution in [0.5, 0.6) is 5.75 Å². The summed E-state index contributed by atoms with van der Waals surface area (Å²) in [4.78, 5) is 11.0. The zero-order valence-corrected chi connectivity index (χ0v) is 11.4. The molecule has 98 valence electrons. The topological polar surface area (TPSA) is 46.5 Å². The zero-order chi connectivity index (χ0) is 13.8. The number of halogens is 2. The largest absolute Gasteiger partial charge is 0.489 e. The van der Waals surface area contributed by atoms with Crippen LogP contribution in [-0.2, 0) is 6.61 Å². The van der Waals surface area contributed by atoms with E-state index < -0.39 is 5.97 Å². The summed E-state index contributed by atoms with van der Waals surface area (Å²) in [6.45, 7) is 0.251. The van der Waals surface area contributed by atoms with Crippen molar-refractivity contribution in [2.45, 2.75) is 6.61 Å². The second kappa shape index (κ2) is 5.84. The first-order valence-electron chi connectivity index (χ1n) is 5.46. The molecule has 5 heteroatoms. The Balaban J connectivity index is 2.09. The third-order valence-electron chi connectivity index (χ3n) is 2.49. The molecule has 0 saturated carbocycles. The number of ether oxygens (including phenoxy) is 1. The average molecular weight is 325 g/mol. The van der Waals surface area contributed by atoms with Crippen molar-refractivity contribution in [2.24, 2.45) is 0 Å². The van der Waals surface area contributed by atoms with E-state index in [1.165, 1.54) is 18.2 Å². The highest BCUT2D eigenvalue weighted by molar-refractivity contribution is 9.10. The fourth-order valence-corrected chi connectivity index (χ4v) is 1.92. The molecular formula is C14H10BrFO3. The molecule has 0 heterocycles. The summed E-state index contributed by atoms with van der Waals surface area (Å²) < 4.78 is 18.7. The third kappa shape index (κ3) is 3.54. The van der Waals surface area contributed by atoms with Gasteiger partial charge in [-0.3, -0.25) is 0 Å². The van der Waals surface area contributed by atoms with E-state index in [1.54, 1.807) is 24.3 Å². The molecule has 0 aliphatic carbocycles. The smallest absolute Gasteiger partial charge is 0.336 e. The van der Waals surface area contributed by atoms with E-state index in [4.69, 9.17) is 9.84 Å². The van der Waals surface area contributed by atoms with E-state index in [0.29, 0.717) is 10.2 Å². The van der Waals surface area contributed by atoms with Gasteiger partial charge in [0.1, 0.15) is 18.2 Å². The van der Waals surface area contributed by atoms with Gasteiger partial charge >= 0.3 is 5.97 Å². The lowest BCUT2D eigenvalue weighted by Crippen LogP contribution is -2.00. The minimum atomic E-state index is -1.03. The van der Waals surface area contributed by atoms with E-state index in [-0.39, 0.29) is 18.0 Å². The Labute approximate surface area is 117 Å². The van der Waals surface area contributed by atoms with E-state index in [9.17, 15) is 9.18 Å². The van der Waals surface area contributed by atoms with Crippen molar-refractivity contribution >= 4 is 21.9 Å². The molecule has 0 aromatic heterocycles. The Morgan fingerprint density at radius 3 is 2.53 bits per heavy atom. The monoisotopic (exact) mass is 324 g/mol. The molecule has 0 aliphatic heterocycles. The van der Waals surface area contributed by atoms with Crippen LogP contribution in [0.15, 0.2) is 46.9 Å². The van der Waals surface area contributed by atoms with Crippen molar-refractivity contribution in [3.8, 4) is 5.75 Å². The molecule has 2 aromatic rings. The summed E-state index contributed by atoms with van der Waals surface area (Å²) in [5, 5.41) is 8.98. The Morgan fingerprint density at radius 2 is 1.89 bits per heavy atom. The lowest BCUT2D eigenvalue weighted by molar-refractivity contribution is 0.0695. The van der Waals surface area contributed by atoms with Crippen molar-refractivity contribution in [3.63, 3.8) is 0 Å². The van der Waals surface area contributed by atoms with Crippen LogP contribution >= 0.6 is 15.9 Å². The normalized spacial score (nSPS) is 10.2. The maximum atomic E-state index is 12.7. The standard InChI is InChI=1S/C14H10BrFO3/c15-13-6-5-11(7-12(13)14(17)18)19-8-9-1-3-10(16)4-2-9/h1-7H,8H2,(H,17,18). The number of hydrogen-bond acceptors (Lipinski definition) is 2. The van der Waals surface area contributed by atoms with Crippen LogP contribution < -0.4 is 4.74 Å². The highest BCUT2D eigenvalue weighted by Crippen LogP contribution is 2.23. The number of hydrogen-bond donors (Lipinski definition) is 1. The minimum absolute atomic E-state index is 0.136. The van der Waals surface area contributed by atoms with Crippen LogP contribution in [0.4, 0.5) is 4.39 Å². The van der Waals surface area contributed by atoms with Crippen LogP contribution in [0.2, 0.25) is 0 Å². The fourth-order valence-electron chi connectivity index (χ4n) is 1.51. The predicted molar refractivity (Wildman–Crippen MR) is 71.8 cm³/mol. The molecule has 2 aromatic carbocycles. The Bertz CT molecular complexity index is 596. The van der Waals surface area contributed by atoms with Gasteiger partial charge in [0.05, 0.1) is 5.56 Å². The van der Waals surface area contributed by atoms with Crippen molar-refractivity contribution in [3.05, 3.63) is 63.9 Å². The van der Waals surface area contributed by atoms with Crippen molar-refractivity contribution < 1.29 is 19.0 Å². The molecule has 0 saturated heterocycles. The van der Waals surface area contributed by atoms with E-state index in [0.717, 1.165) is 5.56 Å². The molecule has 0 radical (unpaired) electrons. The van der Waals surface area contributed by atoms with Gasteiger partial charge in [-0.1, -0.05) is 12.1 Å². The fraction of sp³-hybridized carbons (Fsp3) is 0.0714. The minimum Gasteiger partial charge on any atom is -0.489 e. The first kappa shape index (κ1) is 13.5. The maximum absolute atomic E-state index is 12.7. The SMILES string of the molecule is O=C(O)c1cc(OCc2ccc(F)cc2)ccc1Br. The van der Waals surface area contributed by atoms with Gasteiger partial charge in [-0.15, -0.1) is 0 Å². The number of carbonyl (C=O) groups is 1. The van der Waals surface area contributed by atoms with Gasteiger partial charge in [0.2, 0.25) is 0 Å². The zero-order valence-electron chi connectivity index (χ0n) is 9.77. The number of carboxylic acid groups (broad SMARTS) is 1. The van der Waals surface area contributed by atoms with Gasteiger partial charge in [0.25, 0.3) is 0 Å². The van der Waals surface area contributed by atoms with Crippen LogP contribution in [-0.4, -0.2) is 11.1 Å². The number of rotatable bonds is 4. The average Bonchev–Trinajstić information content (AvgIpc) is 2.39. The van der Waals surface area contributed by atoms with Crippen LogP contribution in [0.3, 0.4) is 0 Å². The molecule has 0 fully saturated rings. The van der Waals surface area contributed by atoms with Gasteiger partial charge in [-0.05, 0) is 51.8 Å². The van der Waals surface area contributed by atoms with Crippen LogP contribution in [0.1, 0.15) is 15.9 Å². The molecule has 0 amide bonds. The van der Waals surface area contributed by atoms with Crippen molar-refractivity contribution in [2.75, 3.05) is 0 Å². The second-order valence-corrected chi connectivity index (χ2v) is 4.72. The predicted octanol–water partition coefficient (Wildman–Crippen LogP) is 3.87. The van der Waals surface area contributed by atoms with Gasteiger partial charge in [0, 0.05) is 4.47 Å². The van der Waals surface area contributed by atoms with Crippen molar-refractivity contribution in [1.29, 1.82) is 0 Å². The molecular weight excluding hydrogens is 315 g/mol. The summed E-state index contributed by atoms with van der Waals surface area (Å²) in [6.07, 6.45) is 0. The van der Waals surface area contributed by atoms with Gasteiger partial charge < -0.3 is 9.84 Å². The van der Waals surface area contributed by atoms with Crippen LogP contribution in [0, 0.1) is 5.82 Å². The third-order valence-corrected chi connectivity index (χ3v) is 3.18. The molecule has 1 N–H and O–H groups in total. The van der Waals surface area contributed by atoms with Gasteiger partial charge in [-0.2, -0.15) is 0 Å². The number of carboxylic acids is 1. The summed E-state index contributed by atoms with van der Waals surface area (Å²) in [7, 11) is 0. The quantitative estimate of drug-likeness (QED) is 0.928. The van der Waals surface area contributed by atoms with E-state index in [1.807, 2.05) is 0 Å². The Kier molecular flexibility index (Phi) is 4.16. The summed E-state index contributed by atoms with van der Waals surface area (Å²) >= 11 is 3.16. The molecule has 0 spiro atoms. The summed E-state index contributed by atoms with van der Waals surface area (Å²) in [5.41, 5.74) is 0.942. The summed E-state index contributed by atoms with van der Waals surface area (Å²) in [5.74, 6) is -0.885.